The number of aliphatic imine (C=N–C) groups is 4. The van der Waals surface area contributed by atoms with Crippen LogP contribution < -0.4 is 0 Å². The van der Waals surface area contributed by atoms with Gasteiger partial charge < -0.3 is 25.3 Å². The number of aromatic hydroxyl groups is 4. The minimum atomic E-state index is -0.621. The van der Waals surface area contributed by atoms with Gasteiger partial charge in [-0.05, 0) is 167 Å². The zero-order chi connectivity index (χ0) is 79.1. The second-order valence-corrected chi connectivity index (χ2v) is 36.9. The van der Waals surface area contributed by atoms with E-state index in [2.05, 4.69) is 187 Å². The number of likely N-dealkylation sites (N-methyl/N-ethyl adjacent to an activating group) is 1. The van der Waals surface area contributed by atoms with Gasteiger partial charge in [0.2, 0.25) is 0 Å². The third-order valence-electron chi connectivity index (χ3n) is 20.1. The number of benzene rings is 5. The summed E-state index contributed by atoms with van der Waals surface area (Å²) in [7, 11) is 0. The largest absolute Gasteiger partial charge is 0.507 e. The number of nitrogens with zero attached hydrogens (tertiary/aromatic N) is 7. The van der Waals surface area contributed by atoms with Crippen molar-refractivity contribution in [2.24, 2.45) is 36.2 Å². The number of rotatable bonds is 11. The number of carbonyl (C=O) groups excluding carboxylic acids is 2. The van der Waals surface area contributed by atoms with Crippen LogP contribution in [0.4, 0.5) is 11.4 Å². The summed E-state index contributed by atoms with van der Waals surface area (Å²) in [5.41, 5.74) is 17.1. The van der Waals surface area contributed by atoms with Gasteiger partial charge in [0.05, 0.1) is 22.8 Å². The maximum absolute atomic E-state index is 13.5. The number of para-hydroxylation sites is 2. The molecular formula is C93H127Cu3N7O6. The van der Waals surface area contributed by atoms with Gasteiger partial charge >= 0.3 is 0 Å². The molecule has 9 rings (SSSR count). The summed E-state index contributed by atoms with van der Waals surface area (Å²) in [5, 5.41) is 43.5. The van der Waals surface area contributed by atoms with Gasteiger partial charge in [-0.3, -0.25) is 39.4 Å². The fraction of sp³-hybridized carbons (Fsp3) is 0.484. The molecule has 5 aromatic carbocycles. The van der Waals surface area contributed by atoms with E-state index in [1.807, 2.05) is 146 Å². The zero-order valence-electron chi connectivity index (χ0n) is 70.4. The number of phenolic OH excluding ortho intramolecular Hbond substituents is 4. The van der Waals surface area contributed by atoms with E-state index in [0.717, 1.165) is 126 Å². The van der Waals surface area contributed by atoms with E-state index in [1.165, 1.54) is 11.1 Å². The fourth-order valence-corrected chi connectivity index (χ4v) is 13.3. The van der Waals surface area contributed by atoms with Crippen molar-refractivity contribution in [2.75, 3.05) is 45.8 Å². The van der Waals surface area contributed by atoms with Gasteiger partial charge in [0.25, 0.3) is 0 Å². The van der Waals surface area contributed by atoms with E-state index >= 15 is 0 Å². The van der Waals surface area contributed by atoms with Crippen LogP contribution in [0.3, 0.4) is 0 Å². The van der Waals surface area contributed by atoms with Crippen molar-refractivity contribution in [1.29, 1.82) is 0 Å². The molecule has 0 bridgehead atoms. The third-order valence-corrected chi connectivity index (χ3v) is 20.1. The topological polar surface area (TPSA) is 174 Å². The molecule has 0 saturated carbocycles. The van der Waals surface area contributed by atoms with Gasteiger partial charge in [-0.1, -0.05) is 236 Å². The Morgan fingerprint density at radius 1 is 0.431 bits per heavy atom. The van der Waals surface area contributed by atoms with Crippen molar-refractivity contribution >= 4 is 46.8 Å². The number of ketones is 2. The molecule has 109 heavy (non-hydrogen) atoms. The van der Waals surface area contributed by atoms with Crippen molar-refractivity contribution < 1.29 is 81.2 Å². The summed E-state index contributed by atoms with van der Waals surface area (Å²) >= 11 is 0. The minimum Gasteiger partial charge on any atom is -0.507 e. The summed E-state index contributed by atoms with van der Waals surface area (Å²) in [6.07, 6.45) is 18.8. The Kier molecular flexibility index (Phi) is 33.1. The van der Waals surface area contributed by atoms with Gasteiger partial charge in [-0.2, -0.15) is 0 Å². The Morgan fingerprint density at radius 2 is 0.826 bits per heavy atom. The Balaban J connectivity index is 0.000000341. The Bertz CT molecular complexity index is 4350. The quantitative estimate of drug-likeness (QED) is 0.0570. The van der Waals surface area contributed by atoms with Crippen LogP contribution in [0.25, 0.3) is 0 Å². The maximum atomic E-state index is 13.5. The monoisotopic (exact) mass is 1630 g/mol. The molecule has 603 valence electrons. The second kappa shape index (κ2) is 38.1. The van der Waals surface area contributed by atoms with E-state index < -0.39 is 12.1 Å². The predicted octanol–water partition coefficient (Wildman–Crippen LogP) is 20.5. The molecule has 0 spiro atoms. The Morgan fingerprint density at radius 3 is 1.26 bits per heavy atom. The molecular weight excluding hydrogens is 1500 g/mol. The first-order valence-corrected chi connectivity index (χ1v) is 38.1. The molecule has 1 aliphatic heterocycles. The van der Waals surface area contributed by atoms with E-state index in [0.29, 0.717) is 45.4 Å². The summed E-state index contributed by atoms with van der Waals surface area (Å²) < 4.78 is 0. The molecule has 1 saturated heterocycles. The van der Waals surface area contributed by atoms with Gasteiger partial charge in [-0.25, -0.2) is 0 Å². The van der Waals surface area contributed by atoms with Gasteiger partial charge in [0.1, 0.15) is 35.1 Å². The van der Waals surface area contributed by atoms with Crippen LogP contribution in [0.2, 0.25) is 0 Å². The molecule has 3 radical (unpaired) electrons. The zero-order valence-corrected chi connectivity index (χ0v) is 73.2. The number of carbonyl (C=O) groups is 2. The van der Waals surface area contributed by atoms with Crippen LogP contribution in [-0.4, -0.2) is 128 Å². The molecule has 5 aromatic rings. The molecule has 4 aliphatic rings. The number of hydrogen-bond acceptors (Lipinski definition) is 13. The predicted molar refractivity (Wildman–Crippen MR) is 447 cm³/mol. The van der Waals surface area contributed by atoms with Crippen molar-refractivity contribution in [3.63, 3.8) is 0 Å². The summed E-state index contributed by atoms with van der Waals surface area (Å²) in [4.78, 5) is 53.3. The normalized spacial score (nSPS) is 18.3. The van der Waals surface area contributed by atoms with Crippen molar-refractivity contribution in [2.45, 2.75) is 234 Å². The molecule has 1 fully saturated rings. The molecule has 4 N–H and O–H groups in total. The van der Waals surface area contributed by atoms with Crippen molar-refractivity contribution in [3.8, 4) is 23.0 Å². The standard InChI is InChI=1S/C32H51N3O2.C31H40N2O2.C30H36N2O2.3Cu/c1-10-33-11-13-34(21-25-17-23(2)18-28(30(25)37)32(7,8)9)15-16-35(14-12-33)22-26-20-27(31(4,5)6)19-24(3)29(26)36;1-19-15-21(30(5,6)7)27(34)25(16-19)32-23-13-11-12-14-24(23)33-26-18-20(29(2,3)4)17-22(28(26)35)31(8,9)10;1-19-13-21(28(34)24(14-19)30(6,7)8)17-31-25-11-9-10-12-26(25)32-18-22-16-23(29(3,4)5)15-20(2)27(22)33;;;/h17-20,36-37H,10-16,21-22H2,1-9H3;11-18,25-26H,1-10H3;9-18,33-34H,1-8H3;;;. The summed E-state index contributed by atoms with van der Waals surface area (Å²) in [6.45, 7) is 65.3. The van der Waals surface area contributed by atoms with Crippen LogP contribution in [0.5, 0.6) is 23.0 Å². The first-order valence-electron chi connectivity index (χ1n) is 38.1. The Labute approximate surface area is 687 Å². The molecule has 16 heteroatoms. The van der Waals surface area contributed by atoms with E-state index in [9.17, 15) is 30.0 Å². The molecule has 0 amide bonds. The molecule has 2 unspecified atom stereocenters. The molecule has 1 heterocycles. The average Bonchev–Trinajstić information content (AvgIpc) is 0.833. The number of aryl methyl sites for hydroxylation is 4. The van der Waals surface area contributed by atoms with Gasteiger partial charge in [0, 0.05) is 155 Å². The van der Waals surface area contributed by atoms with Gasteiger partial charge in [-0.15, -0.1) is 0 Å². The summed E-state index contributed by atoms with van der Waals surface area (Å²) in [6, 6.07) is 22.9. The summed E-state index contributed by atoms with van der Waals surface area (Å²) in [5.74, 6) is 1.39. The van der Waals surface area contributed by atoms with E-state index in [4.69, 9.17) is 9.98 Å². The smallest absolute Gasteiger partial charge is 0.187 e. The SMILES string of the molecule is CC1=CC(N=C2C=CC=CC2=NC2C=C(C(C)(C)C)C=C(C(C)(C)C)C2=O)C(=O)C(C(C)(C)C)=C1.CCN1CCN(Cc2cc(C(C)(C)C)cc(C)c2O)CCN(Cc2cc(C)cc(C(C)(C)C)c2O)CC1.Cc1cc(C=Nc2ccccc2N=Cc2cc(C(C)(C)C)cc(C)c2O)c(O)c(C(C)(C)C)c1.[Cu].[Cu].[Cu]. The maximum Gasteiger partial charge on any atom is 0.187 e. The number of Topliss-reactive ketones (excluding diaryl/α,β-unsaturated/α-hetero) is 2. The van der Waals surface area contributed by atoms with Gasteiger partial charge in [0.15, 0.2) is 11.6 Å². The fourth-order valence-electron chi connectivity index (χ4n) is 13.3. The van der Waals surface area contributed by atoms with Crippen LogP contribution in [0.15, 0.2) is 164 Å². The van der Waals surface area contributed by atoms with Crippen molar-refractivity contribution in [1.82, 2.24) is 14.7 Å². The molecule has 3 aliphatic carbocycles. The molecule has 2 atom stereocenters. The first-order chi connectivity index (χ1) is 48.9. The minimum absolute atomic E-state index is 0. The third kappa shape index (κ3) is 25.9. The van der Waals surface area contributed by atoms with E-state index in [1.54, 1.807) is 12.4 Å². The van der Waals surface area contributed by atoms with Crippen LogP contribution in [-0.2, 0) is 95.5 Å². The van der Waals surface area contributed by atoms with Crippen LogP contribution >= 0.6 is 0 Å². The average molecular weight is 1630 g/mol. The Hall–Kier alpha value is -6.80. The van der Waals surface area contributed by atoms with Crippen LogP contribution in [0.1, 0.15) is 226 Å². The van der Waals surface area contributed by atoms with E-state index in [-0.39, 0.29) is 112 Å². The molecule has 13 nitrogen and oxygen atoms in total. The number of hydrogen-bond donors (Lipinski definition) is 4. The number of phenols is 4. The first kappa shape index (κ1) is 94.6. The van der Waals surface area contributed by atoms with Crippen molar-refractivity contribution in [3.05, 3.63) is 210 Å². The molecule has 0 aromatic heterocycles. The number of allylic oxidation sites excluding steroid dienone is 8. The van der Waals surface area contributed by atoms with Crippen LogP contribution in [0, 0.1) is 43.9 Å². The second-order valence-electron chi connectivity index (χ2n) is 36.9.